The lowest BCUT2D eigenvalue weighted by atomic mass is 10.0. The summed E-state index contributed by atoms with van der Waals surface area (Å²) in [6.07, 6.45) is 0.938. The van der Waals surface area contributed by atoms with Crippen LogP contribution in [0.25, 0.3) is 0 Å². The average Bonchev–Trinajstić information content (AvgIpc) is 3.29. The minimum atomic E-state index is -0.741. The molecular formula is C18H17NO3. The Morgan fingerprint density at radius 3 is 2.23 bits per heavy atom. The third-order valence-electron chi connectivity index (χ3n) is 3.86. The van der Waals surface area contributed by atoms with Crippen molar-refractivity contribution in [3.05, 3.63) is 71.8 Å². The molecule has 0 radical (unpaired) electrons. The van der Waals surface area contributed by atoms with Crippen molar-refractivity contribution in [3.63, 3.8) is 0 Å². The lowest BCUT2D eigenvalue weighted by Gasteiger charge is -2.12. The van der Waals surface area contributed by atoms with Gasteiger partial charge in [0, 0.05) is 6.42 Å². The van der Waals surface area contributed by atoms with Crippen LogP contribution >= 0.6 is 0 Å². The maximum Gasteiger partial charge on any atom is 0.411 e. The summed E-state index contributed by atoms with van der Waals surface area (Å²) in [7, 11) is 0. The predicted molar refractivity (Wildman–Crippen MR) is 82.3 cm³/mol. The van der Waals surface area contributed by atoms with E-state index in [2.05, 4.69) is 0 Å². The van der Waals surface area contributed by atoms with Crippen molar-refractivity contribution in [2.75, 3.05) is 6.54 Å². The molecule has 0 aromatic heterocycles. The average molecular weight is 295 g/mol. The van der Waals surface area contributed by atoms with Gasteiger partial charge < -0.3 is 9.53 Å². The molecule has 1 aliphatic heterocycles. The topological polar surface area (TPSA) is 46.4 Å². The van der Waals surface area contributed by atoms with Crippen LogP contribution in [0.3, 0.4) is 0 Å². The lowest BCUT2D eigenvalue weighted by Crippen LogP contribution is -2.28. The predicted octanol–water partition coefficient (Wildman–Crippen LogP) is 2.82. The van der Waals surface area contributed by atoms with Gasteiger partial charge in [0.2, 0.25) is 0 Å². The monoisotopic (exact) mass is 295 g/mol. The molecule has 0 unspecified atom stereocenters. The summed E-state index contributed by atoms with van der Waals surface area (Å²) in [4.78, 5) is 25.0. The SMILES string of the molecule is O=C[C@]1(Cc2ccccc2)CN1C(=O)OCc1ccccc1. The van der Waals surface area contributed by atoms with E-state index in [1.54, 1.807) is 0 Å². The molecule has 0 spiro atoms. The standard InChI is InChI=1S/C18H17NO3/c20-14-18(11-15-7-3-1-4-8-15)13-19(18)17(21)22-12-16-9-5-2-6-10-16/h1-10,14H,11-13H2/t18-,19?/m0/s1. The fourth-order valence-electron chi connectivity index (χ4n) is 2.53. The lowest BCUT2D eigenvalue weighted by molar-refractivity contribution is -0.110. The third-order valence-corrected chi connectivity index (χ3v) is 3.86. The Balaban J connectivity index is 1.59. The van der Waals surface area contributed by atoms with E-state index in [9.17, 15) is 9.59 Å². The van der Waals surface area contributed by atoms with E-state index in [1.165, 1.54) is 4.90 Å². The number of hydrogen-bond donors (Lipinski definition) is 0. The minimum absolute atomic E-state index is 0.219. The molecule has 4 heteroatoms. The molecule has 112 valence electrons. The van der Waals surface area contributed by atoms with Gasteiger partial charge in [0.15, 0.2) is 0 Å². The number of ether oxygens (including phenoxy) is 1. The number of carbonyl (C=O) groups excluding carboxylic acids is 2. The van der Waals surface area contributed by atoms with E-state index in [0.717, 1.165) is 17.4 Å². The van der Waals surface area contributed by atoms with Gasteiger partial charge in [-0.25, -0.2) is 4.79 Å². The van der Waals surface area contributed by atoms with Crippen molar-refractivity contribution in [2.45, 2.75) is 18.6 Å². The fraction of sp³-hybridized carbons (Fsp3) is 0.222. The van der Waals surface area contributed by atoms with Crippen molar-refractivity contribution in [2.24, 2.45) is 0 Å². The normalized spacial score (nSPS) is 19.5. The van der Waals surface area contributed by atoms with Gasteiger partial charge in [-0.15, -0.1) is 0 Å². The number of amides is 1. The Hall–Kier alpha value is -2.62. The first kappa shape index (κ1) is 14.3. The minimum Gasteiger partial charge on any atom is -0.445 e. The van der Waals surface area contributed by atoms with E-state index >= 15 is 0 Å². The largest absolute Gasteiger partial charge is 0.445 e. The number of nitrogens with zero attached hydrogens (tertiary/aromatic N) is 1. The van der Waals surface area contributed by atoms with Gasteiger partial charge in [-0.3, -0.25) is 4.90 Å². The molecule has 1 aliphatic rings. The zero-order chi connectivity index (χ0) is 15.4. The quantitative estimate of drug-likeness (QED) is 0.629. The van der Waals surface area contributed by atoms with E-state index in [4.69, 9.17) is 4.74 Å². The van der Waals surface area contributed by atoms with Crippen LogP contribution in [0.5, 0.6) is 0 Å². The molecule has 1 fully saturated rings. The molecule has 2 aromatic rings. The van der Waals surface area contributed by atoms with Crippen molar-refractivity contribution < 1.29 is 14.3 Å². The zero-order valence-electron chi connectivity index (χ0n) is 12.1. The van der Waals surface area contributed by atoms with E-state index in [1.807, 2.05) is 60.7 Å². The van der Waals surface area contributed by atoms with Gasteiger partial charge in [0.25, 0.3) is 0 Å². The highest BCUT2D eigenvalue weighted by molar-refractivity contribution is 5.83. The summed E-state index contributed by atoms with van der Waals surface area (Å²) >= 11 is 0. The summed E-state index contributed by atoms with van der Waals surface area (Å²) in [6, 6.07) is 19.2. The molecule has 0 aliphatic carbocycles. The number of hydrogen-bond acceptors (Lipinski definition) is 3. The molecule has 1 amide bonds. The summed E-state index contributed by atoms with van der Waals surface area (Å²) in [5.41, 5.74) is 1.22. The maximum atomic E-state index is 12.1. The van der Waals surface area contributed by atoms with Crippen LogP contribution in [-0.2, 0) is 22.6 Å². The molecular weight excluding hydrogens is 278 g/mol. The van der Waals surface area contributed by atoms with Crippen molar-refractivity contribution in [3.8, 4) is 0 Å². The zero-order valence-corrected chi connectivity index (χ0v) is 12.1. The van der Waals surface area contributed by atoms with Crippen LogP contribution < -0.4 is 0 Å². The number of benzene rings is 2. The number of aldehydes is 1. The van der Waals surface area contributed by atoms with Gasteiger partial charge in [0.1, 0.15) is 18.4 Å². The molecule has 0 N–H and O–H groups in total. The Kier molecular flexibility index (Phi) is 3.92. The second kappa shape index (κ2) is 6.02. The highest BCUT2D eigenvalue weighted by Crippen LogP contribution is 2.34. The van der Waals surface area contributed by atoms with Crippen molar-refractivity contribution in [1.82, 2.24) is 4.90 Å². The highest BCUT2D eigenvalue weighted by Gasteiger charge is 2.56. The Morgan fingerprint density at radius 1 is 1.05 bits per heavy atom. The molecule has 0 bridgehead atoms. The van der Waals surface area contributed by atoms with Crippen molar-refractivity contribution >= 4 is 12.4 Å². The first-order chi connectivity index (χ1) is 10.7. The van der Waals surface area contributed by atoms with E-state index in [-0.39, 0.29) is 6.61 Å². The van der Waals surface area contributed by atoms with E-state index in [0.29, 0.717) is 13.0 Å². The Bertz CT molecular complexity index is 657. The first-order valence-electron chi connectivity index (χ1n) is 7.22. The summed E-state index contributed by atoms with van der Waals surface area (Å²) in [5, 5.41) is 0. The maximum absolute atomic E-state index is 12.1. The summed E-state index contributed by atoms with van der Waals surface area (Å²) < 4.78 is 5.27. The van der Waals surface area contributed by atoms with Crippen LogP contribution in [0.15, 0.2) is 60.7 Å². The van der Waals surface area contributed by atoms with E-state index < -0.39 is 11.6 Å². The molecule has 1 atom stereocenters. The van der Waals surface area contributed by atoms with Gasteiger partial charge in [-0.2, -0.15) is 0 Å². The molecule has 4 nitrogen and oxygen atoms in total. The fourth-order valence-corrected chi connectivity index (χ4v) is 2.53. The molecule has 22 heavy (non-hydrogen) atoms. The van der Waals surface area contributed by atoms with Crippen LogP contribution in [-0.4, -0.2) is 29.4 Å². The smallest absolute Gasteiger partial charge is 0.411 e. The third kappa shape index (κ3) is 3.01. The second-order valence-corrected chi connectivity index (χ2v) is 5.51. The van der Waals surface area contributed by atoms with Crippen LogP contribution in [0.1, 0.15) is 11.1 Å². The summed E-state index contributed by atoms with van der Waals surface area (Å²) in [6.45, 7) is 0.634. The summed E-state index contributed by atoms with van der Waals surface area (Å²) in [5.74, 6) is 0. The molecule has 2 aromatic carbocycles. The van der Waals surface area contributed by atoms with Crippen LogP contribution in [0.4, 0.5) is 4.79 Å². The Morgan fingerprint density at radius 2 is 1.64 bits per heavy atom. The molecule has 0 saturated carbocycles. The van der Waals surface area contributed by atoms with Crippen LogP contribution in [0.2, 0.25) is 0 Å². The van der Waals surface area contributed by atoms with Gasteiger partial charge >= 0.3 is 6.09 Å². The molecule has 1 saturated heterocycles. The van der Waals surface area contributed by atoms with Gasteiger partial charge in [-0.1, -0.05) is 60.7 Å². The highest BCUT2D eigenvalue weighted by atomic mass is 16.6. The van der Waals surface area contributed by atoms with Crippen molar-refractivity contribution in [1.29, 1.82) is 0 Å². The number of rotatable bonds is 5. The van der Waals surface area contributed by atoms with Gasteiger partial charge in [0.05, 0.1) is 6.54 Å². The molecule has 3 rings (SSSR count). The second-order valence-electron chi connectivity index (χ2n) is 5.51. The van der Waals surface area contributed by atoms with Gasteiger partial charge in [-0.05, 0) is 11.1 Å². The first-order valence-corrected chi connectivity index (χ1v) is 7.22. The Labute approximate surface area is 129 Å². The molecule has 1 heterocycles. The van der Waals surface area contributed by atoms with Crippen LogP contribution in [0, 0.1) is 0 Å². The number of carbonyl (C=O) groups is 2.